The number of aromatic nitrogens is 1. The van der Waals surface area contributed by atoms with Crippen LogP contribution in [-0.4, -0.2) is 33.4 Å². The molecule has 92 valence electrons. The SMILES string of the molecule is O=C(O)c1nc(CN2CCCCCC2=O)cs1. The third-order valence-corrected chi connectivity index (χ3v) is 3.64. The van der Waals surface area contributed by atoms with Crippen molar-refractivity contribution in [1.82, 2.24) is 9.88 Å². The van der Waals surface area contributed by atoms with Gasteiger partial charge in [-0.1, -0.05) is 6.42 Å². The van der Waals surface area contributed by atoms with Crippen molar-refractivity contribution in [3.63, 3.8) is 0 Å². The number of carbonyl (C=O) groups is 2. The van der Waals surface area contributed by atoms with Gasteiger partial charge in [0.2, 0.25) is 10.9 Å². The molecule has 0 aromatic carbocycles. The van der Waals surface area contributed by atoms with Crippen molar-refractivity contribution in [2.24, 2.45) is 0 Å². The van der Waals surface area contributed by atoms with E-state index < -0.39 is 5.97 Å². The van der Waals surface area contributed by atoms with Crippen LogP contribution in [0.2, 0.25) is 0 Å². The normalized spacial score (nSPS) is 16.9. The molecule has 5 nitrogen and oxygen atoms in total. The Balaban J connectivity index is 2.03. The Bertz CT molecular complexity index is 430. The topological polar surface area (TPSA) is 70.5 Å². The minimum atomic E-state index is -1.01. The van der Waals surface area contributed by atoms with Crippen LogP contribution in [0.5, 0.6) is 0 Å². The Morgan fingerprint density at radius 2 is 2.29 bits per heavy atom. The summed E-state index contributed by atoms with van der Waals surface area (Å²) in [6, 6.07) is 0. The third kappa shape index (κ3) is 3.03. The molecule has 1 aliphatic rings. The van der Waals surface area contributed by atoms with Gasteiger partial charge in [-0.3, -0.25) is 4.79 Å². The fourth-order valence-corrected chi connectivity index (χ4v) is 2.52. The Labute approximate surface area is 103 Å². The minimum absolute atomic E-state index is 0.0854. The Kier molecular flexibility index (Phi) is 3.73. The zero-order valence-electron chi connectivity index (χ0n) is 9.39. The van der Waals surface area contributed by atoms with E-state index in [-0.39, 0.29) is 10.9 Å². The van der Waals surface area contributed by atoms with Crippen molar-refractivity contribution in [1.29, 1.82) is 0 Å². The van der Waals surface area contributed by atoms with Crippen LogP contribution in [0, 0.1) is 0 Å². The van der Waals surface area contributed by atoms with Gasteiger partial charge in [0.15, 0.2) is 0 Å². The summed E-state index contributed by atoms with van der Waals surface area (Å²) in [7, 11) is 0. The van der Waals surface area contributed by atoms with Crippen molar-refractivity contribution in [3.05, 3.63) is 16.1 Å². The number of likely N-dealkylation sites (tertiary alicyclic amines) is 1. The van der Waals surface area contributed by atoms with Crippen LogP contribution in [0.3, 0.4) is 0 Å². The summed E-state index contributed by atoms with van der Waals surface area (Å²) in [5.74, 6) is -0.865. The maximum atomic E-state index is 11.7. The second-order valence-corrected chi connectivity index (χ2v) is 4.93. The zero-order chi connectivity index (χ0) is 12.3. The number of aromatic carboxylic acids is 1. The average molecular weight is 254 g/mol. The molecule has 0 unspecified atom stereocenters. The summed E-state index contributed by atoms with van der Waals surface area (Å²) < 4.78 is 0. The lowest BCUT2D eigenvalue weighted by atomic mass is 10.2. The highest BCUT2D eigenvalue weighted by Gasteiger charge is 2.18. The molecular formula is C11H14N2O3S. The predicted molar refractivity (Wildman–Crippen MR) is 63.0 cm³/mol. The molecule has 0 aliphatic carbocycles. The van der Waals surface area contributed by atoms with E-state index in [1.807, 2.05) is 0 Å². The van der Waals surface area contributed by atoms with Gasteiger partial charge in [-0.2, -0.15) is 0 Å². The summed E-state index contributed by atoms with van der Waals surface area (Å²) in [5.41, 5.74) is 0.669. The first-order valence-electron chi connectivity index (χ1n) is 5.62. The summed E-state index contributed by atoms with van der Waals surface area (Å²) >= 11 is 1.10. The lowest BCUT2D eigenvalue weighted by Crippen LogP contribution is -2.29. The minimum Gasteiger partial charge on any atom is -0.476 e. The lowest BCUT2D eigenvalue weighted by Gasteiger charge is -2.18. The highest BCUT2D eigenvalue weighted by molar-refractivity contribution is 7.11. The van der Waals surface area contributed by atoms with E-state index in [4.69, 9.17) is 5.11 Å². The van der Waals surface area contributed by atoms with E-state index >= 15 is 0 Å². The number of carboxylic acid groups (broad SMARTS) is 1. The summed E-state index contributed by atoms with van der Waals surface area (Å²) in [5, 5.41) is 10.6. The third-order valence-electron chi connectivity index (χ3n) is 2.76. The quantitative estimate of drug-likeness (QED) is 0.892. The van der Waals surface area contributed by atoms with Gasteiger partial charge < -0.3 is 10.0 Å². The molecule has 2 rings (SSSR count). The Morgan fingerprint density at radius 3 is 3.00 bits per heavy atom. The van der Waals surface area contributed by atoms with Crippen molar-refractivity contribution < 1.29 is 14.7 Å². The van der Waals surface area contributed by atoms with Crippen LogP contribution in [0.1, 0.15) is 41.2 Å². The van der Waals surface area contributed by atoms with Crippen LogP contribution >= 0.6 is 11.3 Å². The van der Waals surface area contributed by atoms with Gasteiger partial charge >= 0.3 is 5.97 Å². The molecule has 1 aromatic rings. The van der Waals surface area contributed by atoms with Gasteiger partial charge in [0.25, 0.3) is 0 Å². The smallest absolute Gasteiger partial charge is 0.365 e. The average Bonchev–Trinajstić information content (AvgIpc) is 2.66. The van der Waals surface area contributed by atoms with E-state index in [1.54, 1.807) is 10.3 Å². The van der Waals surface area contributed by atoms with Gasteiger partial charge in [-0.25, -0.2) is 9.78 Å². The highest BCUT2D eigenvalue weighted by atomic mass is 32.1. The molecule has 0 saturated carbocycles. The highest BCUT2D eigenvalue weighted by Crippen LogP contribution is 2.16. The van der Waals surface area contributed by atoms with Crippen LogP contribution in [-0.2, 0) is 11.3 Å². The van der Waals surface area contributed by atoms with Crippen LogP contribution in [0.25, 0.3) is 0 Å². The number of rotatable bonds is 3. The van der Waals surface area contributed by atoms with Crippen LogP contribution in [0.15, 0.2) is 5.38 Å². The van der Waals surface area contributed by atoms with Gasteiger partial charge in [-0.05, 0) is 12.8 Å². The van der Waals surface area contributed by atoms with Crippen molar-refractivity contribution in [2.75, 3.05) is 6.54 Å². The first kappa shape index (κ1) is 12.0. The molecule has 1 N–H and O–H groups in total. The van der Waals surface area contributed by atoms with Crippen LogP contribution in [0.4, 0.5) is 0 Å². The number of nitrogens with zero attached hydrogens (tertiary/aromatic N) is 2. The van der Waals surface area contributed by atoms with Crippen molar-refractivity contribution in [2.45, 2.75) is 32.2 Å². The maximum Gasteiger partial charge on any atom is 0.365 e. The largest absolute Gasteiger partial charge is 0.476 e. The molecule has 2 heterocycles. The Morgan fingerprint density at radius 1 is 1.47 bits per heavy atom. The van der Waals surface area contributed by atoms with E-state index in [1.165, 1.54) is 0 Å². The number of carboxylic acids is 1. The molecule has 0 bridgehead atoms. The molecule has 1 fully saturated rings. The molecule has 0 atom stereocenters. The number of amides is 1. The molecular weight excluding hydrogens is 240 g/mol. The lowest BCUT2D eigenvalue weighted by molar-refractivity contribution is -0.131. The molecule has 6 heteroatoms. The number of hydrogen-bond donors (Lipinski definition) is 1. The van der Waals surface area contributed by atoms with Gasteiger partial charge in [0.1, 0.15) is 0 Å². The molecule has 1 aliphatic heterocycles. The van der Waals surface area contributed by atoms with Gasteiger partial charge in [0.05, 0.1) is 12.2 Å². The fraction of sp³-hybridized carbons (Fsp3) is 0.545. The molecule has 17 heavy (non-hydrogen) atoms. The predicted octanol–water partition coefficient (Wildman–Crippen LogP) is 1.74. The standard InChI is InChI=1S/C11H14N2O3S/c14-9-4-2-1-3-5-13(9)6-8-7-17-10(12-8)11(15)16/h7H,1-6H2,(H,15,16). The second kappa shape index (κ2) is 5.27. The second-order valence-electron chi connectivity index (χ2n) is 4.08. The van der Waals surface area contributed by atoms with E-state index in [2.05, 4.69) is 4.98 Å². The maximum absolute atomic E-state index is 11.7. The number of carbonyl (C=O) groups excluding carboxylic acids is 1. The summed E-state index contributed by atoms with van der Waals surface area (Å²) in [4.78, 5) is 28.2. The van der Waals surface area contributed by atoms with Crippen LogP contribution < -0.4 is 0 Å². The Hall–Kier alpha value is -1.43. The first-order chi connectivity index (χ1) is 8.16. The van der Waals surface area contributed by atoms with Gasteiger partial charge in [-0.15, -0.1) is 11.3 Å². The monoisotopic (exact) mass is 254 g/mol. The molecule has 1 saturated heterocycles. The summed E-state index contributed by atoms with van der Waals surface area (Å²) in [6.45, 7) is 1.18. The van der Waals surface area contributed by atoms with E-state index in [0.717, 1.165) is 37.1 Å². The molecule has 0 radical (unpaired) electrons. The van der Waals surface area contributed by atoms with E-state index in [9.17, 15) is 9.59 Å². The van der Waals surface area contributed by atoms with E-state index in [0.29, 0.717) is 18.7 Å². The number of thiazole rings is 1. The van der Waals surface area contributed by atoms with Crippen molar-refractivity contribution >= 4 is 23.2 Å². The molecule has 1 aromatic heterocycles. The molecule has 0 spiro atoms. The van der Waals surface area contributed by atoms with Gasteiger partial charge in [0, 0.05) is 18.3 Å². The zero-order valence-corrected chi connectivity index (χ0v) is 10.2. The van der Waals surface area contributed by atoms with Crippen molar-refractivity contribution in [3.8, 4) is 0 Å². The fourth-order valence-electron chi connectivity index (χ4n) is 1.88. The first-order valence-corrected chi connectivity index (χ1v) is 6.50. The number of hydrogen-bond acceptors (Lipinski definition) is 4. The molecule has 1 amide bonds. The summed E-state index contributed by atoms with van der Waals surface area (Å²) in [6.07, 6.45) is 3.64.